The number of esters is 1. The van der Waals surface area contributed by atoms with Gasteiger partial charge in [0, 0.05) is 6.42 Å². The SMILES string of the molecule is CCCC(=O)OCc1ccc(Cl)c(O)c1. The van der Waals surface area contributed by atoms with Gasteiger partial charge in [-0.05, 0) is 24.1 Å². The number of hydrogen-bond acceptors (Lipinski definition) is 3. The highest BCUT2D eigenvalue weighted by molar-refractivity contribution is 6.31. The minimum Gasteiger partial charge on any atom is -0.506 e. The molecule has 0 aliphatic carbocycles. The molecule has 1 aromatic rings. The molecule has 0 amide bonds. The van der Waals surface area contributed by atoms with Crippen LogP contribution < -0.4 is 0 Å². The maximum absolute atomic E-state index is 11.1. The zero-order valence-electron chi connectivity index (χ0n) is 8.50. The number of carbonyl (C=O) groups excluding carboxylic acids is 1. The van der Waals surface area contributed by atoms with E-state index < -0.39 is 0 Å². The van der Waals surface area contributed by atoms with Crippen molar-refractivity contribution in [3.05, 3.63) is 28.8 Å². The molecule has 0 fully saturated rings. The Morgan fingerprint density at radius 2 is 2.27 bits per heavy atom. The van der Waals surface area contributed by atoms with Gasteiger partial charge in [-0.1, -0.05) is 24.6 Å². The third-order valence-corrected chi connectivity index (χ3v) is 2.18. The van der Waals surface area contributed by atoms with E-state index in [0.29, 0.717) is 11.4 Å². The van der Waals surface area contributed by atoms with Crippen LogP contribution >= 0.6 is 11.6 Å². The Balaban J connectivity index is 2.51. The number of phenolic OH excluding ortho intramolecular Hbond substituents is 1. The third-order valence-electron chi connectivity index (χ3n) is 1.86. The Hall–Kier alpha value is -1.22. The maximum Gasteiger partial charge on any atom is 0.306 e. The van der Waals surface area contributed by atoms with Crippen LogP contribution in [0.25, 0.3) is 0 Å². The number of hydrogen-bond donors (Lipinski definition) is 1. The Kier molecular flexibility index (Phi) is 4.43. The summed E-state index contributed by atoms with van der Waals surface area (Å²) in [6.45, 7) is 2.08. The third kappa shape index (κ3) is 3.80. The molecular formula is C11H13ClO3. The summed E-state index contributed by atoms with van der Waals surface area (Å²) in [5, 5.41) is 9.59. The van der Waals surface area contributed by atoms with Crippen LogP contribution in [0.1, 0.15) is 25.3 Å². The monoisotopic (exact) mass is 228 g/mol. The van der Waals surface area contributed by atoms with Crippen molar-refractivity contribution < 1.29 is 14.6 Å². The van der Waals surface area contributed by atoms with Crippen molar-refractivity contribution in [1.29, 1.82) is 0 Å². The molecule has 0 aromatic heterocycles. The predicted molar refractivity (Wildman–Crippen MR) is 57.8 cm³/mol. The molecule has 0 aliphatic rings. The predicted octanol–water partition coefficient (Wildman–Crippen LogP) is 2.89. The summed E-state index contributed by atoms with van der Waals surface area (Å²) < 4.78 is 4.97. The van der Waals surface area contributed by atoms with Crippen molar-refractivity contribution >= 4 is 17.6 Å². The van der Waals surface area contributed by atoms with Crippen molar-refractivity contribution in [2.45, 2.75) is 26.4 Å². The van der Waals surface area contributed by atoms with Gasteiger partial charge in [-0.15, -0.1) is 0 Å². The van der Waals surface area contributed by atoms with Gasteiger partial charge in [0.1, 0.15) is 12.4 Å². The minimum absolute atomic E-state index is 0.000655. The first-order valence-electron chi connectivity index (χ1n) is 4.76. The van der Waals surface area contributed by atoms with Crippen molar-refractivity contribution in [3.8, 4) is 5.75 Å². The summed E-state index contributed by atoms with van der Waals surface area (Å²) in [6.07, 6.45) is 1.18. The van der Waals surface area contributed by atoms with Crippen LogP contribution in [0, 0.1) is 0 Å². The zero-order chi connectivity index (χ0) is 11.3. The zero-order valence-corrected chi connectivity index (χ0v) is 9.25. The largest absolute Gasteiger partial charge is 0.506 e. The smallest absolute Gasteiger partial charge is 0.306 e. The molecule has 0 radical (unpaired) electrons. The van der Waals surface area contributed by atoms with E-state index in [4.69, 9.17) is 16.3 Å². The van der Waals surface area contributed by atoms with E-state index >= 15 is 0 Å². The van der Waals surface area contributed by atoms with Crippen LogP contribution in [0.3, 0.4) is 0 Å². The molecular weight excluding hydrogens is 216 g/mol. The van der Waals surface area contributed by atoms with E-state index in [1.165, 1.54) is 6.07 Å². The topological polar surface area (TPSA) is 46.5 Å². The van der Waals surface area contributed by atoms with Gasteiger partial charge < -0.3 is 9.84 Å². The number of ether oxygens (including phenoxy) is 1. The molecule has 1 rings (SSSR count). The van der Waals surface area contributed by atoms with Gasteiger partial charge in [-0.3, -0.25) is 4.79 Å². The Morgan fingerprint density at radius 3 is 2.87 bits per heavy atom. The molecule has 1 aromatic carbocycles. The average molecular weight is 229 g/mol. The lowest BCUT2D eigenvalue weighted by atomic mass is 10.2. The van der Waals surface area contributed by atoms with Gasteiger partial charge in [0.05, 0.1) is 5.02 Å². The second-order valence-electron chi connectivity index (χ2n) is 3.20. The summed E-state index contributed by atoms with van der Waals surface area (Å²) in [5.41, 5.74) is 0.723. The summed E-state index contributed by atoms with van der Waals surface area (Å²) in [6, 6.07) is 4.77. The van der Waals surface area contributed by atoms with E-state index in [1.807, 2.05) is 6.92 Å². The fourth-order valence-electron chi connectivity index (χ4n) is 1.09. The summed E-state index contributed by atoms with van der Waals surface area (Å²) in [5.74, 6) is -0.229. The number of benzene rings is 1. The van der Waals surface area contributed by atoms with Crippen LogP contribution in [-0.4, -0.2) is 11.1 Å². The Morgan fingerprint density at radius 1 is 1.53 bits per heavy atom. The first-order valence-corrected chi connectivity index (χ1v) is 5.14. The van der Waals surface area contributed by atoms with Gasteiger partial charge in [0.2, 0.25) is 0 Å². The van der Waals surface area contributed by atoms with E-state index in [-0.39, 0.29) is 18.3 Å². The maximum atomic E-state index is 11.1. The van der Waals surface area contributed by atoms with Gasteiger partial charge in [0.15, 0.2) is 0 Å². The van der Waals surface area contributed by atoms with E-state index in [9.17, 15) is 9.90 Å². The molecule has 0 unspecified atom stereocenters. The summed E-state index contributed by atoms with van der Waals surface area (Å²) >= 11 is 5.64. The molecule has 0 atom stereocenters. The number of halogens is 1. The highest BCUT2D eigenvalue weighted by Crippen LogP contribution is 2.23. The van der Waals surface area contributed by atoms with Crippen LogP contribution in [0.4, 0.5) is 0 Å². The molecule has 0 spiro atoms. The minimum atomic E-state index is -0.230. The number of phenols is 1. The second kappa shape index (κ2) is 5.61. The molecule has 3 nitrogen and oxygen atoms in total. The van der Waals surface area contributed by atoms with Gasteiger partial charge in [-0.2, -0.15) is 0 Å². The molecule has 0 saturated carbocycles. The van der Waals surface area contributed by atoms with Crippen molar-refractivity contribution in [1.82, 2.24) is 0 Å². The highest BCUT2D eigenvalue weighted by Gasteiger charge is 2.03. The molecule has 0 saturated heterocycles. The Bertz CT molecular complexity index is 350. The molecule has 82 valence electrons. The summed E-state index contributed by atoms with van der Waals surface area (Å²) in [7, 11) is 0. The molecule has 1 N–H and O–H groups in total. The van der Waals surface area contributed by atoms with E-state index in [0.717, 1.165) is 12.0 Å². The Labute approximate surface area is 93.6 Å². The molecule has 0 bridgehead atoms. The van der Waals surface area contributed by atoms with Crippen molar-refractivity contribution in [3.63, 3.8) is 0 Å². The molecule has 15 heavy (non-hydrogen) atoms. The summed E-state index contributed by atoms with van der Waals surface area (Å²) in [4.78, 5) is 11.1. The molecule has 0 heterocycles. The molecule has 4 heteroatoms. The van der Waals surface area contributed by atoms with Gasteiger partial charge in [0.25, 0.3) is 0 Å². The first-order chi connectivity index (χ1) is 7.13. The molecule has 0 aliphatic heterocycles. The van der Waals surface area contributed by atoms with Crippen molar-refractivity contribution in [2.75, 3.05) is 0 Å². The number of carbonyl (C=O) groups is 1. The lowest BCUT2D eigenvalue weighted by Gasteiger charge is -2.05. The quantitative estimate of drug-likeness (QED) is 0.806. The van der Waals surface area contributed by atoms with Crippen LogP contribution in [0.5, 0.6) is 5.75 Å². The first kappa shape index (κ1) is 11.9. The van der Waals surface area contributed by atoms with Crippen LogP contribution in [-0.2, 0) is 16.1 Å². The average Bonchev–Trinajstić information content (AvgIpc) is 2.20. The lowest BCUT2D eigenvalue weighted by molar-refractivity contribution is -0.144. The van der Waals surface area contributed by atoms with Gasteiger partial charge >= 0.3 is 5.97 Å². The standard InChI is InChI=1S/C11H13ClO3/c1-2-3-11(14)15-7-8-4-5-9(12)10(13)6-8/h4-6,13H,2-3,7H2,1H3. The van der Waals surface area contributed by atoms with Crippen LogP contribution in [0.2, 0.25) is 5.02 Å². The number of aromatic hydroxyl groups is 1. The van der Waals surface area contributed by atoms with Crippen molar-refractivity contribution in [2.24, 2.45) is 0 Å². The van der Waals surface area contributed by atoms with E-state index in [2.05, 4.69) is 0 Å². The lowest BCUT2D eigenvalue weighted by Crippen LogP contribution is -2.03. The fraction of sp³-hybridized carbons (Fsp3) is 0.364. The van der Waals surface area contributed by atoms with Gasteiger partial charge in [-0.25, -0.2) is 0 Å². The second-order valence-corrected chi connectivity index (χ2v) is 3.60. The van der Waals surface area contributed by atoms with E-state index in [1.54, 1.807) is 12.1 Å². The fourth-order valence-corrected chi connectivity index (χ4v) is 1.21. The highest BCUT2D eigenvalue weighted by atomic mass is 35.5. The normalized spacial score (nSPS) is 10.0. The van der Waals surface area contributed by atoms with Crippen LogP contribution in [0.15, 0.2) is 18.2 Å². The number of rotatable bonds is 4.